The highest BCUT2D eigenvalue weighted by Gasteiger charge is 2.21. The number of nitrogens with zero attached hydrogens (tertiary/aromatic N) is 4. The molecule has 9 heteroatoms. The van der Waals surface area contributed by atoms with Gasteiger partial charge >= 0.3 is 0 Å². The number of hydrogen-bond acceptors (Lipinski definition) is 6. The third-order valence-electron chi connectivity index (χ3n) is 5.18. The van der Waals surface area contributed by atoms with Gasteiger partial charge < -0.3 is 9.73 Å². The smallest absolute Gasteiger partial charge is 0.277 e. The first-order chi connectivity index (χ1) is 15.9. The minimum Gasteiger partial charge on any atom is -0.411 e. The van der Waals surface area contributed by atoms with Crippen molar-refractivity contribution in [3.05, 3.63) is 76.7 Å². The molecule has 0 aliphatic carbocycles. The number of aryl methyl sites for hydroxylation is 1. The number of benzene rings is 2. The minimum absolute atomic E-state index is 0.00712. The van der Waals surface area contributed by atoms with Gasteiger partial charge in [-0.05, 0) is 56.7 Å². The molecule has 2 aromatic heterocycles. The first kappa shape index (κ1) is 22.3. The Morgan fingerprint density at radius 2 is 1.94 bits per heavy atom. The normalized spacial score (nSPS) is 10.8. The van der Waals surface area contributed by atoms with Crippen molar-refractivity contribution in [2.24, 2.45) is 0 Å². The van der Waals surface area contributed by atoms with Gasteiger partial charge in [-0.15, -0.1) is 10.2 Å². The van der Waals surface area contributed by atoms with Gasteiger partial charge in [0.1, 0.15) is 17.7 Å². The van der Waals surface area contributed by atoms with E-state index in [1.165, 1.54) is 12.1 Å². The van der Waals surface area contributed by atoms with Crippen LogP contribution in [0.25, 0.3) is 17.1 Å². The number of amides is 1. The fraction of sp³-hybridized carbons (Fsp3) is 0.167. The van der Waals surface area contributed by atoms with Crippen LogP contribution in [0.2, 0.25) is 0 Å². The van der Waals surface area contributed by atoms with Crippen LogP contribution in [0.5, 0.6) is 0 Å². The largest absolute Gasteiger partial charge is 0.411 e. The van der Waals surface area contributed by atoms with Crippen LogP contribution in [0.15, 0.2) is 58.2 Å². The third-order valence-corrected chi connectivity index (χ3v) is 6.00. The van der Waals surface area contributed by atoms with Crippen molar-refractivity contribution in [2.45, 2.75) is 26.0 Å². The van der Waals surface area contributed by atoms with Gasteiger partial charge in [0.25, 0.3) is 5.22 Å². The van der Waals surface area contributed by atoms with Crippen molar-refractivity contribution in [1.82, 2.24) is 14.8 Å². The molecule has 0 saturated carbocycles. The summed E-state index contributed by atoms with van der Waals surface area (Å²) in [6.45, 7) is 5.60. The first-order valence-corrected chi connectivity index (χ1v) is 11.1. The maximum absolute atomic E-state index is 13.8. The predicted molar refractivity (Wildman–Crippen MR) is 124 cm³/mol. The van der Waals surface area contributed by atoms with Crippen LogP contribution in [0.4, 0.5) is 10.2 Å². The van der Waals surface area contributed by atoms with Gasteiger partial charge in [0, 0.05) is 11.3 Å². The lowest BCUT2D eigenvalue weighted by atomic mass is 10.1. The van der Waals surface area contributed by atoms with Crippen LogP contribution in [-0.2, 0) is 4.79 Å². The lowest BCUT2D eigenvalue weighted by molar-refractivity contribution is -0.113. The summed E-state index contributed by atoms with van der Waals surface area (Å²) in [7, 11) is 0. The second kappa shape index (κ2) is 9.30. The summed E-state index contributed by atoms with van der Waals surface area (Å²) in [5.74, 6) is -0.107. The zero-order chi connectivity index (χ0) is 23.5. The Morgan fingerprint density at radius 3 is 2.64 bits per heavy atom. The van der Waals surface area contributed by atoms with Gasteiger partial charge in [-0.3, -0.25) is 9.36 Å². The van der Waals surface area contributed by atoms with E-state index in [0.29, 0.717) is 28.5 Å². The van der Waals surface area contributed by atoms with Crippen LogP contribution >= 0.6 is 11.8 Å². The summed E-state index contributed by atoms with van der Waals surface area (Å²) in [4.78, 5) is 12.7. The fourth-order valence-electron chi connectivity index (χ4n) is 3.38. The molecule has 0 radical (unpaired) electrons. The van der Waals surface area contributed by atoms with E-state index < -0.39 is 5.82 Å². The van der Waals surface area contributed by atoms with E-state index >= 15 is 0 Å². The fourth-order valence-corrected chi connectivity index (χ4v) is 3.94. The molecule has 0 aliphatic rings. The van der Waals surface area contributed by atoms with Crippen LogP contribution in [-0.4, -0.2) is 26.4 Å². The molecule has 1 amide bonds. The average Bonchev–Trinajstić information content (AvgIpc) is 3.36. The summed E-state index contributed by atoms with van der Waals surface area (Å²) < 4.78 is 21.1. The molecule has 0 saturated heterocycles. The van der Waals surface area contributed by atoms with Crippen molar-refractivity contribution in [3.63, 3.8) is 0 Å². The molecule has 4 rings (SSSR count). The molecule has 0 bridgehead atoms. The molecule has 33 heavy (non-hydrogen) atoms. The monoisotopic (exact) mass is 461 g/mol. The van der Waals surface area contributed by atoms with E-state index in [9.17, 15) is 14.4 Å². The Balaban J connectivity index is 1.52. The van der Waals surface area contributed by atoms with E-state index in [0.717, 1.165) is 28.6 Å². The van der Waals surface area contributed by atoms with E-state index in [4.69, 9.17) is 4.42 Å². The van der Waals surface area contributed by atoms with Gasteiger partial charge in [-0.25, -0.2) is 4.39 Å². The zero-order valence-electron chi connectivity index (χ0n) is 18.2. The molecule has 0 atom stereocenters. The molecule has 0 spiro atoms. The van der Waals surface area contributed by atoms with Gasteiger partial charge in [0.05, 0.1) is 17.0 Å². The number of hydrogen-bond donors (Lipinski definition) is 1. The van der Waals surface area contributed by atoms with Crippen molar-refractivity contribution in [3.8, 4) is 23.2 Å². The molecule has 2 heterocycles. The molecule has 1 N–H and O–H groups in total. The van der Waals surface area contributed by atoms with E-state index in [2.05, 4.69) is 21.6 Å². The Morgan fingerprint density at radius 1 is 1.18 bits per heavy atom. The van der Waals surface area contributed by atoms with Crippen LogP contribution < -0.4 is 5.32 Å². The van der Waals surface area contributed by atoms with Gasteiger partial charge in [-0.2, -0.15) is 5.26 Å². The molecule has 0 aliphatic heterocycles. The summed E-state index contributed by atoms with van der Waals surface area (Å²) in [6, 6.07) is 15.8. The number of rotatable bonds is 6. The van der Waals surface area contributed by atoms with Crippen molar-refractivity contribution >= 4 is 23.5 Å². The molecule has 2 aromatic carbocycles. The second-order valence-corrected chi connectivity index (χ2v) is 8.36. The lowest BCUT2D eigenvalue weighted by Gasteiger charge is -2.13. The Hall–Kier alpha value is -3.90. The molecule has 166 valence electrons. The number of carbonyl (C=O) groups excluding carboxylic acids is 1. The number of carbonyl (C=O) groups is 1. The number of nitrogens with one attached hydrogen (secondary N) is 1. The third kappa shape index (κ3) is 4.66. The molecule has 4 aromatic rings. The number of halogens is 1. The molecular weight excluding hydrogens is 441 g/mol. The zero-order valence-corrected chi connectivity index (χ0v) is 19.0. The standard InChI is InChI=1S/C24H20FN5O2S/c1-14-7-9-17(10-8-14)23-28-29-24(32-23)33-13-21(31)27-22-20(12-26)15(2)16(3)30(22)19-6-4-5-18(25)11-19/h4-11H,13H2,1-3H3,(H,27,31). The Labute approximate surface area is 194 Å². The highest BCUT2D eigenvalue weighted by atomic mass is 32.2. The molecule has 0 unspecified atom stereocenters. The minimum atomic E-state index is -0.412. The van der Waals surface area contributed by atoms with Gasteiger partial charge in [0.2, 0.25) is 11.8 Å². The quantitative estimate of drug-likeness (QED) is 0.397. The van der Waals surface area contributed by atoms with Gasteiger partial charge in [-0.1, -0.05) is 35.5 Å². The van der Waals surface area contributed by atoms with E-state index in [1.807, 2.05) is 38.1 Å². The number of nitriles is 1. The van der Waals surface area contributed by atoms with E-state index in [1.54, 1.807) is 23.6 Å². The summed E-state index contributed by atoms with van der Waals surface area (Å²) in [6.07, 6.45) is 0. The Bertz CT molecular complexity index is 1370. The number of aromatic nitrogens is 3. The average molecular weight is 462 g/mol. The second-order valence-electron chi connectivity index (χ2n) is 7.44. The van der Waals surface area contributed by atoms with Gasteiger partial charge in [0.15, 0.2) is 0 Å². The van der Waals surface area contributed by atoms with Crippen molar-refractivity contribution in [2.75, 3.05) is 11.1 Å². The predicted octanol–water partition coefficient (Wildman–Crippen LogP) is 5.19. The van der Waals surface area contributed by atoms with Crippen molar-refractivity contribution in [1.29, 1.82) is 5.26 Å². The highest BCUT2D eigenvalue weighted by molar-refractivity contribution is 7.99. The van der Waals surface area contributed by atoms with Crippen LogP contribution in [0, 0.1) is 37.9 Å². The first-order valence-electron chi connectivity index (χ1n) is 10.1. The summed E-state index contributed by atoms with van der Waals surface area (Å²) in [5, 5.41) is 20.7. The summed E-state index contributed by atoms with van der Waals surface area (Å²) >= 11 is 1.09. The molecular formula is C24H20FN5O2S. The number of anilines is 1. The topological polar surface area (TPSA) is 96.7 Å². The van der Waals surface area contributed by atoms with Crippen LogP contribution in [0.1, 0.15) is 22.4 Å². The number of thioether (sulfide) groups is 1. The Kier molecular flexibility index (Phi) is 6.29. The highest BCUT2D eigenvalue weighted by Crippen LogP contribution is 2.31. The maximum atomic E-state index is 13.8. The molecule has 0 fully saturated rings. The van der Waals surface area contributed by atoms with Crippen LogP contribution in [0.3, 0.4) is 0 Å². The lowest BCUT2D eigenvalue weighted by Crippen LogP contribution is -2.17. The maximum Gasteiger partial charge on any atom is 0.277 e. The van der Waals surface area contributed by atoms with Crippen molar-refractivity contribution < 1.29 is 13.6 Å². The molecule has 7 nitrogen and oxygen atoms in total. The summed E-state index contributed by atoms with van der Waals surface area (Å²) in [5.41, 5.74) is 4.20. The SMILES string of the molecule is Cc1ccc(-c2nnc(SCC(=O)Nc3c(C#N)c(C)c(C)n3-c3cccc(F)c3)o2)cc1. The van der Waals surface area contributed by atoms with E-state index in [-0.39, 0.29) is 16.9 Å².